The van der Waals surface area contributed by atoms with E-state index in [2.05, 4.69) is 9.88 Å². The molecule has 0 unspecified atom stereocenters. The van der Waals surface area contributed by atoms with Crippen molar-refractivity contribution >= 4 is 28.4 Å². The number of amides is 1. The van der Waals surface area contributed by atoms with Crippen LogP contribution >= 0.6 is 11.6 Å². The van der Waals surface area contributed by atoms with E-state index in [1.165, 1.54) is 0 Å². The van der Waals surface area contributed by atoms with Crippen molar-refractivity contribution in [2.75, 3.05) is 26.2 Å². The fraction of sp³-hybridized carbons (Fsp3) is 0.423. The Labute approximate surface area is 199 Å². The average Bonchev–Trinajstić information content (AvgIpc) is 2.83. The molecule has 4 rings (SSSR count). The predicted molar refractivity (Wildman–Crippen MR) is 132 cm³/mol. The van der Waals surface area contributed by atoms with Gasteiger partial charge in [-0.05, 0) is 69.0 Å². The maximum absolute atomic E-state index is 13.6. The zero-order chi connectivity index (χ0) is 23.4. The summed E-state index contributed by atoms with van der Waals surface area (Å²) < 4.78 is 1.77. The summed E-state index contributed by atoms with van der Waals surface area (Å²) in [4.78, 5) is 35.0. The van der Waals surface area contributed by atoms with Gasteiger partial charge in [0.2, 0.25) is 5.91 Å². The first-order valence-corrected chi connectivity index (χ1v) is 12.1. The SMILES string of the molecule is CCN(CC)C(=O)[C@H]1CCCN(Cc2cc3ccc(Cl)cc3n(Cc3ccccn3)c2=O)C1. The Bertz CT molecular complexity index is 1170. The largest absolute Gasteiger partial charge is 0.343 e. The van der Waals surface area contributed by atoms with E-state index in [4.69, 9.17) is 11.6 Å². The van der Waals surface area contributed by atoms with Crippen LogP contribution in [0.4, 0.5) is 0 Å². The molecule has 0 spiro atoms. The number of benzene rings is 1. The first-order chi connectivity index (χ1) is 16.0. The van der Waals surface area contributed by atoms with Crippen molar-refractivity contribution in [3.8, 4) is 0 Å². The van der Waals surface area contributed by atoms with Crippen LogP contribution in [0.2, 0.25) is 5.02 Å². The summed E-state index contributed by atoms with van der Waals surface area (Å²) in [7, 11) is 0. The summed E-state index contributed by atoms with van der Waals surface area (Å²) >= 11 is 6.26. The minimum absolute atomic E-state index is 0.00587. The molecule has 33 heavy (non-hydrogen) atoms. The third-order valence-corrected chi connectivity index (χ3v) is 6.74. The van der Waals surface area contributed by atoms with Crippen molar-refractivity contribution in [2.24, 2.45) is 5.92 Å². The number of rotatable bonds is 7. The zero-order valence-corrected chi connectivity index (χ0v) is 20.1. The highest BCUT2D eigenvalue weighted by atomic mass is 35.5. The number of halogens is 1. The molecule has 1 aliphatic heterocycles. The van der Waals surface area contributed by atoms with Crippen LogP contribution in [0.15, 0.2) is 53.5 Å². The molecule has 0 saturated carbocycles. The highest BCUT2D eigenvalue weighted by Gasteiger charge is 2.28. The standard InChI is InChI=1S/C26H31ClN4O2/c1-3-30(4-2)25(32)20-8-7-13-29(16-20)17-21-14-19-10-11-22(27)15-24(19)31(26(21)33)18-23-9-5-6-12-28-23/h5-6,9-12,14-15,20H,3-4,7-8,13,16-18H2,1-2H3/t20-/m0/s1. The maximum Gasteiger partial charge on any atom is 0.255 e. The zero-order valence-electron chi connectivity index (χ0n) is 19.3. The van der Waals surface area contributed by atoms with Gasteiger partial charge in [0.1, 0.15) is 0 Å². The van der Waals surface area contributed by atoms with E-state index in [1.54, 1.807) is 10.8 Å². The first-order valence-electron chi connectivity index (χ1n) is 11.7. The van der Waals surface area contributed by atoms with E-state index in [1.807, 2.05) is 61.2 Å². The summed E-state index contributed by atoms with van der Waals surface area (Å²) in [5.41, 5.74) is 2.32. The summed E-state index contributed by atoms with van der Waals surface area (Å²) in [5, 5.41) is 1.57. The molecule has 1 atom stereocenters. The van der Waals surface area contributed by atoms with Crippen molar-refractivity contribution in [1.29, 1.82) is 0 Å². The van der Waals surface area contributed by atoms with Gasteiger partial charge in [0.05, 0.1) is 23.7 Å². The van der Waals surface area contributed by atoms with Crippen LogP contribution in [-0.4, -0.2) is 51.4 Å². The van der Waals surface area contributed by atoms with Crippen molar-refractivity contribution in [3.63, 3.8) is 0 Å². The quantitative estimate of drug-likeness (QED) is 0.524. The molecule has 1 saturated heterocycles. The number of hydrogen-bond donors (Lipinski definition) is 0. The van der Waals surface area contributed by atoms with Gasteiger partial charge in [0, 0.05) is 43.0 Å². The van der Waals surface area contributed by atoms with E-state index in [0.29, 0.717) is 24.7 Å². The second kappa shape index (κ2) is 10.5. The second-order valence-corrected chi connectivity index (χ2v) is 9.11. The lowest BCUT2D eigenvalue weighted by Crippen LogP contribution is -2.45. The highest BCUT2D eigenvalue weighted by molar-refractivity contribution is 6.31. The monoisotopic (exact) mass is 466 g/mol. The van der Waals surface area contributed by atoms with Crippen LogP contribution < -0.4 is 5.56 Å². The Kier molecular flexibility index (Phi) is 7.46. The van der Waals surface area contributed by atoms with Gasteiger partial charge in [-0.3, -0.25) is 19.5 Å². The van der Waals surface area contributed by atoms with Gasteiger partial charge in [-0.1, -0.05) is 23.7 Å². The minimum atomic E-state index is -0.0346. The number of carbonyl (C=O) groups is 1. The first kappa shape index (κ1) is 23.5. The molecular weight excluding hydrogens is 436 g/mol. The molecule has 0 radical (unpaired) electrons. The lowest BCUT2D eigenvalue weighted by Gasteiger charge is -2.34. The van der Waals surface area contributed by atoms with E-state index < -0.39 is 0 Å². The number of piperidine rings is 1. The fourth-order valence-electron chi connectivity index (χ4n) is 4.76. The topological polar surface area (TPSA) is 58.4 Å². The van der Waals surface area contributed by atoms with Gasteiger partial charge in [0.15, 0.2) is 0 Å². The van der Waals surface area contributed by atoms with Crippen LogP contribution in [0.25, 0.3) is 10.9 Å². The molecule has 6 nitrogen and oxygen atoms in total. The molecule has 0 N–H and O–H groups in total. The third-order valence-electron chi connectivity index (χ3n) is 6.50. The van der Waals surface area contributed by atoms with Crippen LogP contribution in [0.5, 0.6) is 0 Å². The molecule has 2 aromatic heterocycles. The molecule has 0 aliphatic carbocycles. The normalized spacial score (nSPS) is 16.8. The summed E-state index contributed by atoms with van der Waals surface area (Å²) in [6, 6.07) is 13.3. The Balaban J connectivity index is 1.64. The van der Waals surface area contributed by atoms with Gasteiger partial charge >= 0.3 is 0 Å². The van der Waals surface area contributed by atoms with Gasteiger partial charge < -0.3 is 9.47 Å². The van der Waals surface area contributed by atoms with Gasteiger partial charge in [-0.25, -0.2) is 0 Å². The van der Waals surface area contributed by atoms with Crippen LogP contribution in [0, 0.1) is 5.92 Å². The third kappa shape index (κ3) is 5.28. The van der Waals surface area contributed by atoms with Crippen LogP contribution in [-0.2, 0) is 17.9 Å². The van der Waals surface area contributed by atoms with Gasteiger partial charge in [-0.2, -0.15) is 0 Å². The Morgan fingerprint density at radius 3 is 2.70 bits per heavy atom. The summed E-state index contributed by atoms with van der Waals surface area (Å²) in [6.07, 6.45) is 3.61. The van der Waals surface area contributed by atoms with Crippen LogP contribution in [0.3, 0.4) is 0 Å². The number of likely N-dealkylation sites (tertiary alicyclic amines) is 1. The Morgan fingerprint density at radius 1 is 1.15 bits per heavy atom. The van der Waals surface area contributed by atoms with Gasteiger partial charge in [0.25, 0.3) is 5.56 Å². The molecule has 3 aromatic rings. The van der Waals surface area contributed by atoms with E-state index in [0.717, 1.165) is 54.6 Å². The van der Waals surface area contributed by atoms with Crippen molar-refractivity contribution in [1.82, 2.24) is 19.4 Å². The van der Waals surface area contributed by atoms with Crippen molar-refractivity contribution in [2.45, 2.75) is 39.8 Å². The lowest BCUT2D eigenvalue weighted by atomic mass is 9.96. The molecule has 3 heterocycles. The predicted octanol–water partition coefficient (Wildman–Crippen LogP) is 4.18. The van der Waals surface area contributed by atoms with E-state index in [-0.39, 0.29) is 17.4 Å². The van der Waals surface area contributed by atoms with Crippen LogP contribution in [0.1, 0.15) is 37.9 Å². The highest BCUT2D eigenvalue weighted by Crippen LogP contribution is 2.23. The number of aromatic nitrogens is 2. The average molecular weight is 467 g/mol. The molecule has 174 valence electrons. The molecule has 1 fully saturated rings. The van der Waals surface area contributed by atoms with Gasteiger partial charge in [-0.15, -0.1) is 0 Å². The Morgan fingerprint density at radius 2 is 1.97 bits per heavy atom. The number of pyridine rings is 2. The summed E-state index contributed by atoms with van der Waals surface area (Å²) in [5.74, 6) is 0.221. The number of hydrogen-bond acceptors (Lipinski definition) is 4. The molecule has 1 amide bonds. The smallest absolute Gasteiger partial charge is 0.255 e. The number of nitrogens with zero attached hydrogens (tertiary/aromatic N) is 4. The van der Waals surface area contributed by atoms with E-state index >= 15 is 0 Å². The number of carbonyl (C=O) groups excluding carboxylic acids is 1. The molecular formula is C26H31ClN4O2. The summed E-state index contributed by atoms with van der Waals surface area (Å²) in [6.45, 7) is 8.00. The molecule has 1 aromatic carbocycles. The maximum atomic E-state index is 13.6. The fourth-order valence-corrected chi connectivity index (χ4v) is 4.93. The van der Waals surface area contributed by atoms with Crippen molar-refractivity contribution < 1.29 is 4.79 Å². The van der Waals surface area contributed by atoms with Crippen molar-refractivity contribution in [3.05, 3.63) is 75.3 Å². The van der Waals surface area contributed by atoms with E-state index in [9.17, 15) is 9.59 Å². The second-order valence-electron chi connectivity index (χ2n) is 8.67. The minimum Gasteiger partial charge on any atom is -0.343 e. The molecule has 0 bridgehead atoms. The molecule has 1 aliphatic rings. The number of fused-ring (bicyclic) bond motifs is 1. The lowest BCUT2D eigenvalue weighted by molar-refractivity contribution is -0.137. The Hall–Kier alpha value is -2.70. The molecule has 7 heteroatoms.